The number of hydrogen-bond donors (Lipinski definition) is 0. The van der Waals surface area contributed by atoms with Crippen LogP contribution in [0.2, 0.25) is 0 Å². The summed E-state index contributed by atoms with van der Waals surface area (Å²) in [6.45, 7) is 19.2. The average Bonchev–Trinajstić information content (AvgIpc) is 2.54. The molecule has 2 aliphatic heterocycles. The van der Waals surface area contributed by atoms with E-state index in [0.717, 1.165) is 28.2 Å². The number of hydrogen-bond acceptors (Lipinski definition) is 3. The first-order valence-electron chi connectivity index (χ1n) is 9.21. The van der Waals surface area contributed by atoms with E-state index in [-0.39, 0.29) is 10.8 Å². The van der Waals surface area contributed by atoms with Gasteiger partial charge in [0.15, 0.2) is 0 Å². The Labute approximate surface area is 157 Å². The molecule has 26 heavy (non-hydrogen) atoms. The Hall–Kier alpha value is -2.00. The number of fused-ring (bicyclic) bond motifs is 4. The Morgan fingerprint density at radius 1 is 1.04 bits per heavy atom. The van der Waals surface area contributed by atoms with Crippen molar-refractivity contribution < 1.29 is 14.2 Å². The van der Waals surface area contributed by atoms with Gasteiger partial charge in [0.25, 0.3) is 0 Å². The molecule has 1 aromatic rings. The molecular weight excluding hydrogens is 324 g/mol. The molecule has 0 amide bonds. The van der Waals surface area contributed by atoms with Crippen molar-refractivity contribution in [1.82, 2.24) is 0 Å². The fourth-order valence-corrected chi connectivity index (χ4v) is 2.94. The lowest BCUT2D eigenvalue weighted by atomic mass is 9.85. The predicted molar refractivity (Wildman–Crippen MR) is 105 cm³/mol. The van der Waals surface area contributed by atoms with Crippen LogP contribution in [-0.4, -0.2) is 6.29 Å². The third-order valence-electron chi connectivity index (χ3n) is 4.94. The van der Waals surface area contributed by atoms with Gasteiger partial charge in [0, 0.05) is 0 Å². The molecule has 3 rings (SSSR count). The maximum absolute atomic E-state index is 6.18. The molecule has 0 spiro atoms. The molecule has 1 saturated heterocycles. The van der Waals surface area contributed by atoms with Crippen LogP contribution < -0.4 is 4.74 Å². The molecule has 2 unspecified atom stereocenters. The molecule has 3 nitrogen and oxygen atoms in total. The van der Waals surface area contributed by atoms with Crippen LogP contribution in [0.4, 0.5) is 0 Å². The predicted octanol–water partition coefficient (Wildman–Crippen LogP) is 6.18. The first kappa shape index (κ1) is 18.8. The maximum Gasteiger partial charge on any atom is 0.233 e. The Balaban J connectivity index is 2.01. The van der Waals surface area contributed by atoms with Crippen LogP contribution in [0, 0.1) is 5.41 Å². The highest BCUT2D eigenvalue weighted by atomic mass is 16.8. The van der Waals surface area contributed by atoms with Gasteiger partial charge in [-0.25, -0.2) is 0 Å². The van der Waals surface area contributed by atoms with Crippen LogP contribution >= 0.6 is 0 Å². The summed E-state index contributed by atoms with van der Waals surface area (Å²) < 4.78 is 18.4. The normalized spacial score (nSPS) is 25.5. The first-order chi connectivity index (χ1) is 12.0. The lowest BCUT2D eigenvalue weighted by Gasteiger charge is -2.40. The minimum atomic E-state index is -0.480. The van der Waals surface area contributed by atoms with Gasteiger partial charge < -0.3 is 9.47 Å². The van der Waals surface area contributed by atoms with Gasteiger partial charge in [-0.05, 0) is 53.2 Å². The van der Waals surface area contributed by atoms with Gasteiger partial charge in [0.1, 0.15) is 11.5 Å². The van der Waals surface area contributed by atoms with E-state index in [1.165, 1.54) is 5.56 Å². The summed E-state index contributed by atoms with van der Waals surface area (Å²) in [5.41, 5.74) is 4.09. The molecule has 0 aliphatic carbocycles. The summed E-state index contributed by atoms with van der Waals surface area (Å²) in [5.74, 6) is 1.62. The smallest absolute Gasteiger partial charge is 0.233 e. The third kappa shape index (κ3) is 3.45. The molecule has 0 N–H and O–H groups in total. The van der Waals surface area contributed by atoms with Crippen LogP contribution in [0.3, 0.4) is 0 Å². The van der Waals surface area contributed by atoms with Gasteiger partial charge in [-0.15, -0.1) is 0 Å². The summed E-state index contributed by atoms with van der Waals surface area (Å²) in [4.78, 5) is 0. The Morgan fingerprint density at radius 2 is 1.73 bits per heavy atom. The Bertz CT molecular complexity index is 785. The van der Waals surface area contributed by atoms with Gasteiger partial charge in [-0.3, -0.25) is 4.74 Å². The minimum absolute atomic E-state index is 0.0309. The molecular formula is C23H30O3. The molecule has 2 aliphatic rings. The van der Waals surface area contributed by atoms with Crippen molar-refractivity contribution in [2.75, 3.05) is 0 Å². The molecule has 1 aromatic carbocycles. The zero-order valence-corrected chi connectivity index (χ0v) is 17.0. The van der Waals surface area contributed by atoms with Gasteiger partial charge in [0.05, 0.1) is 11.1 Å². The monoisotopic (exact) mass is 354 g/mol. The summed E-state index contributed by atoms with van der Waals surface area (Å²) in [6, 6.07) is 6.28. The highest BCUT2D eigenvalue weighted by Crippen LogP contribution is 2.46. The van der Waals surface area contributed by atoms with Crippen LogP contribution in [-0.2, 0) is 14.9 Å². The summed E-state index contributed by atoms with van der Waals surface area (Å²) in [6.07, 6.45) is 3.07. The van der Waals surface area contributed by atoms with Crippen molar-refractivity contribution in [3.8, 4) is 5.75 Å². The SMILES string of the molecule is C=C(C=C1/C(=C\C)OC2OC1Oc1ccc(C(C)(C)C)cc12)C(C)(C)C. The van der Waals surface area contributed by atoms with Crippen molar-refractivity contribution in [2.24, 2.45) is 5.41 Å². The largest absolute Gasteiger partial charge is 0.460 e. The van der Waals surface area contributed by atoms with Crippen LogP contribution in [0.15, 0.2) is 53.8 Å². The van der Waals surface area contributed by atoms with Gasteiger partial charge in [-0.2, -0.15) is 0 Å². The van der Waals surface area contributed by atoms with E-state index in [0.29, 0.717) is 0 Å². The number of benzene rings is 1. The second-order valence-electron chi connectivity index (χ2n) is 9.07. The number of allylic oxidation sites excluding steroid dienone is 3. The summed E-state index contributed by atoms with van der Waals surface area (Å²) >= 11 is 0. The highest BCUT2D eigenvalue weighted by molar-refractivity contribution is 5.46. The standard InChI is InChI=1S/C23H30O3/c1-9-18-16(12-14(2)22(3,4)5)20-25-19-11-10-15(23(6,7)8)13-17(19)21(24-18)26-20/h9-13,20-21H,2H2,1,3-8H3/b16-12?,18-9+. The Morgan fingerprint density at radius 3 is 2.31 bits per heavy atom. The fraction of sp³-hybridized carbons (Fsp3) is 0.478. The van der Waals surface area contributed by atoms with E-state index in [4.69, 9.17) is 14.2 Å². The molecule has 140 valence electrons. The van der Waals surface area contributed by atoms with E-state index in [1.807, 2.05) is 25.1 Å². The highest BCUT2D eigenvalue weighted by Gasteiger charge is 2.40. The topological polar surface area (TPSA) is 27.7 Å². The zero-order valence-electron chi connectivity index (χ0n) is 17.0. The van der Waals surface area contributed by atoms with Crippen molar-refractivity contribution in [3.63, 3.8) is 0 Å². The second-order valence-corrected chi connectivity index (χ2v) is 9.07. The maximum atomic E-state index is 6.18. The Kier molecular flexibility index (Phi) is 4.56. The van der Waals surface area contributed by atoms with Crippen molar-refractivity contribution >= 4 is 0 Å². The molecule has 2 atom stereocenters. The van der Waals surface area contributed by atoms with E-state index < -0.39 is 12.6 Å². The van der Waals surface area contributed by atoms with E-state index in [1.54, 1.807) is 0 Å². The summed E-state index contributed by atoms with van der Waals surface area (Å²) in [7, 11) is 0. The van der Waals surface area contributed by atoms with Gasteiger partial charge in [-0.1, -0.05) is 54.2 Å². The van der Waals surface area contributed by atoms with E-state index in [2.05, 4.69) is 60.3 Å². The van der Waals surface area contributed by atoms with E-state index >= 15 is 0 Å². The van der Waals surface area contributed by atoms with Gasteiger partial charge >= 0.3 is 0 Å². The lowest BCUT2D eigenvalue weighted by Crippen LogP contribution is -2.37. The molecule has 2 heterocycles. The number of rotatable bonds is 1. The molecule has 2 bridgehead atoms. The van der Waals surface area contributed by atoms with E-state index in [9.17, 15) is 0 Å². The molecule has 0 aromatic heterocycles. The van der Waals surface area contributed by atoms with Crippen molar-refractivity contribution in [3.05, 3.63) is 65.0 Å². The fourth-order valence-electron chi connectivity index (χ4n) is 2.94. The van der Waals surface area contributed by atoms with Crippen LogP contribution in [0.1, 0.15) is 65.9 Å². The lowest BCUT2D eigenvalue weighted by molar-refractivity contribution is -0.233. The quantitative estimate of drug-likeness (QED) is 0.602. The van der Waals surface area contributed by atoms with Crippen molar-refractivity contribution in [1.29, 1.82) is 0 Å². The molecule has 0 radical (unpaired) electrons. The van der Waals surface area contributed by atoms with Crippen LogP contribution in [0.5, 0.6) is 5.75 Å². The summed E-state index contributed by atoms with van der Waals surface area (Å²) in [5, 5.41) is 0. The average molecular weight is 354 g/mol. The van der Waals surface area contributed by atoms with Crippen LogP contribution in [0.25, 0.3) is 0 Å². The second kappa shape index (κ2) is 6.31. The molecule has 0 saturated carbocycles. The zero-order chi connectivity index (χ0) is 19.3. The number of ether oxygens (including phenoxy) is 3. The third-order valence-corrected chi connectivity index (χ3v) is 4.94. The molecule has 3 heteroatoms. The first-order valence-corrected chi connectivity index (χ1v) is 9.21. The van der Waals surface area contributed by atoms with Gasteiger partial charge in [0.2, 0.25) is 12.6 Å². The van der Waals surface area contributed by atoms with Crippen molar-refractivity contribution in [2.45, 2.75) is 66.5 Å². The minimum Gasteiger partial charge on any atom is -0.460 e. The molecule has 1 fully saturated rings.